The fraction of sp³-hybridized carbons (Fsp3) is 0.163. The van der Waals surface area contributed by atoms with Crippen molar-refractivity contribution in [3.05, 3.63) is 167 Å². The van der Waals surface area contributed by atoms with Crippen molar-refractivity contribution in [2.75, 3.05) is 23.0 Å². The molecule has 0 bridgehead atoms. The van der Waals surface area contributed by atoms with Gasteiger partial charge in [-0.3, -0.25) is 0 Å². The van der Waals surface area contributed by atoms with Gasteiger partial charge in [-0.1, -0.05) is 82.9 Å². The van der Waals surface area contributed by atoms with E-state index in [0.717, 1.165) is 56.4 Å². The van der Waals surface area contributed by atoms with E-state index in [4.69, 9.17) is 9.47 Å². The topological polar surface area (TPSA) is 24.9 Å². The van der Waals surface area contributed by atoms with E-state index >= 15 is 0 Å². The van der Waals surface area contributed by atoms with Crippen molar-refractivity contribution in [3.63, 3.8) is 0 Å². The Morgan fingerprint density at radius 3 is 0.957 bits per heavy atom. The third-order valence-electron chi connectivity index (χ3n) is 9.38. The van der Waals surface area contributed by atoms with Crippen molar-refractivity contribution in [2.24, 2.45) is 0 Å². The number of hydrogen-bond donors (Lipinski definition) is 0. The summed E-state index contributed by atoms with van der Waals surface area (Å²) in [7, 11) is 0. The van der Waals surface area contributed by atoms with Gasteiger partial charge in [0.2, 0.25) is 5.79 Å². The lowest BCUT2D eigenvalue weighted by Crippen LogP contribution is -2.26. The van der Waals surface area contributed by atoms with Crippen molar-refractivity contribution in [1.29, 1.82) is 0 Å². The first-order valence-electron chi connectivity index (χ1n) is 16.3. The molecule has 0 amide bonds. The SMILES string of the molecule is Cc1ccc(N(c2ccc(C)cc2)c2ccc3c(c2)C2(OCCO2)c2cc(N(c4ccc(C)cc4)c4ccc(C)cc4)ccc2-3)cc1. The molecule has 47 heavy (non-hydrogen) atoms. The zero-order valence-electron chi connectivity index (χ0n) is 27.3. The molecule has 1 aliphatic carbocycles. The van der Waals surface area contributed by atoms with E-state index in [1.807, 2.05) is 0 Å². The van der Waals surface area contributed by atoms with Crippen LogP contribution in [0, 0.1) is 27.7 Å². The van der Waals surface area contributed by atoms with Gasteiger partial charge >= 0.3 is 0 Å². The quantitative estimate of drug-likeness (QED) is 0.186. The average molecular weight is 615 g/mol. The zero-order chi connectivity index (χ0) is 32.1. The average Bonchev–Trinajstić information content (AvgIpc) is 3.69. The molecule has 1 saturated heterocycles. The van der Waals surface area contributed by atoms with E-state index in [2.05, 4.69) is 171 Å². The number of ether oxygens (including phenoxy) is 2. The Balaban J connectivity index is 1.27. The maximum absolute atomic E-state index is 6.65. The molecule has 0 N–H and O–H groups in total. The van der Waals surface area contributed by atoms with Crippen LogP contribution in [0.25, 0.3) is 11.1 Å². The highest BCUT2D eigenvalue weighted by Gasteiger charge is 2.49. The Morgan fingerprint density at radius 1 is 0.383 bits per heavy atom. The van der Waals surface area contributed by atoms with Crippen molar-refractivity contribution in [1.82, 2.24) is 0 Å². The molecule has 0 unspecified atom stereocenters. The Morgan fingerprint density at radius 2 is 0.660 bits per heavy atom. The minimum atomic E-state index is -0.977. The second-order valence-electron chi connectivity index (χ2n) is 12.8. The van der Waals surface area contributed by atoms with E-state index in [1.54, 1.807) is 0 Å². The molecule has 1 aliphatic heterocycles. The Hall–Kier alpha value is -5.16. The van der Waals surface area contributed by atoms with Crippen LogP contribution >= 0.6 is 0 Å². The van der Waals surface area contributed by atoms with Crippen LogP contribution in [-0.2, 0) is 15.3 Å². The summed E-state index contributed by atoms with van der Waals surface area (Å²) in [4.78, 5) is 4.62. The molecule has 4 nitrogen and oxygen atoms in total. The second-order valence-corrected chi connectivity index (χ2v) is 12.8. The summed E-state index contributed by atoms with van der Waals surface area (Å²) in [5.41, 5.74) is 15.8. The van der Waals surface area contributed by atoms with Crippen molar-refractivity contribution < 1.29 is 9.47 Å². The standard InChI is InChI=1S/C43H38N2O2/c1-29-5-13-33(14-6-29)44(34-15-7-30(2)8-16-34)37-21-23-39-40-24-22-38(28-42(40)43(41(39)27-37)46-25-26-47-43)45(35-17-9-31(3)10-18-35)36-19-11-32(4)12-20-36/h5-24,27-28H,25-26H2,1-4H3. The van der Waals surface area contributed by atoms with Crippen LogP contribution in [-0.4, -0.2) is 13.2 Å². The Labute approximate surface area is 277 Å². The Bertz CT molecular complexity index is 1820. The molecule has 1 heterocycles. The molecule has 232 valence electrons. The molecule has 0 aromatic heterocycles. The number of nitrogens with zero attached hydrogens (tertiary/aromatic N) is 2. The maximum atomic E-state index is 6.65. The molecule has 1 fully saturated rings. The fourth-order valence-electron chi connectivity index (χ4n) is 6.90. The molecule has 6 aromatic rings. The summed E-state index contributed by atoms with van der Waals surface area (Å²) >= 11 is 0. The van der Waals surface area contributed by atoms with Gasteiger partial charge in [-0.2, -0.15) is 0 Å². The van der Waals surface area contributed by atoms with E-state index in [0.29, 0.717) is 13.2 Å². The molecule has 0 radical (unpaired) electrons. The van der Waals surface area contributed by atoms with E-state index in [1.165, 1.54) is 22.3 Å². The molecule has 6 aromatic carbocycles. The van der Waals surface area contributed by atoms with Gasteiger partial charge in [0.15, 0.2) is 0 Å². The summed E-state index contributed by atoms with van der Waals surface area (Å²) in [6, 6.07) is 48.3. The van der Waals surface area contributed by atoms with E-state index < -0.39 is 5.79 Å². The Kier molecular flexibility index (Phi) is 7.20. The van der Waals surface area contributed by atoms with Crippen LogP contribution in [0.5, 0.6) is 0 Å². The molecule has 1 spiro atoms. The number of aryl methyl sites for hydroxylation is 4. The molecule has 2 aliphatic rings. The van der Waals surface area contributed by atoms with Crippen LogP contribution in [0.1, 0.15) is 33.4 Å². The summed E-state index contributed by atoms with van der Waals surface area (Å²) in [5, 5.41) is 0. The fourth-order valence-corrected chi connectivity index (χ4v) is 6.90. The molecule has 4 heteroatoms. The molecule has 8 rings (SSSR count). The van der Waals surface area contributed by atoms with Gasteiger partial charge in [0.25, 0.3) is 0 Å². The van der Waals surface area contributed by atoms with Crippen molar-refractivity contribution in [3.8, 4) is 11.1 Å². The van der Waals surface area contributed by atoms with Crippen LogP contribution < -0.4 is 9.80 Å². The van der Waals surface area contributed by atoms with Crippen molar-refractivity contribution >= 4 is 34.1 Å². The number of fused-ring (bicyclic) bond motifs is 5. The largest absolute Gasteiger partial charge is 0.340 e. The zero-order valence-corrected chi connectivity index (χ0v) is 27.3. The van der Waals surface area contributed by atoms with Crippen LogP contribution in [0.15, 0.2) is 133 Å². The molecular formula is C43H38N2O2. The highest BCUT2D eigenvalue weighted by Crippen LogP contribution is 2.55. The van der Waals surface area contributed by atoms with Crippen LogP contribution in [0.3, 0.4) is 0 Å². The minimum absolute atomic E-state index is 0.534. The van der Waals surface area contributed by atoms with Crippen LogP contribution in [0.2, 0.25) is 0 Å². The van der Waals surface area contributed by atoms with Crippen molar-refractivity contribution in [2.45, 2.75) is 33.5 Å². The third kappa shape index (κ3) is 5.11. The lowest BCUT2D eigenvalue weighted by molar-refractivity contribution is -0.126. The highest BCUT2D eigenvalue weighted by atomic mass is 16.7. The number of hydrogen-bond acceptors (Lipinski definition) is 4. The van der Waals surface area contributed by atoms with Gasteiger partial charge in [-0.25, -0.2) is 0 Å². The molecule has 0 atom stereocenters. The predicted octanol–water partition coefficient (Wildman–Crippen LogP) is 11.1. The van der Waals surface area contributed by atoms with Gasteiger partial charge in [0.1, 0.15) is 0 Å². The summed E-state index contributed by atoms with van der Waals surface area (Å²) in [6.07, 6.45) is 0. The summed E-state index contributed by atoms with van der Waals surface area (Å²) in [5.74, 6) is -0.977. The lowest BCUT2D eigenvalue weighted by atomic mass is 10.0. The maximum Gasteiger partial charge on any atom is 0.223 e. The minimum Gasteiger partial charge on any atom is -0.340 e. The van der Waals surface area contributed by atoms with Gasteiger partial charge < -0.3 is 19.3 Å². The normalized spacial score (nSPS) is 14.2. The molecular weight excluding hydrogens is 576 g/mol. The number of rotatable bonds is 6. The first-order chi connectivity index (χ1) is 22.9. The number of benzene rings is 6. The second kappa shape index (κ2) is 11.6. The monoisotopic (exact) mass is 614 g/mol. The van der Waals surface area contributed by atoms with Crippen LogP contribution in [0.4, 0.5) is 34.1 Å². The van der Waals surface area contributed by atoms with Gasteiger partial charge in [0, 0.05) is 45.3 Å². The first kappa shape index (κ1) is 29.3. The predicted molar refractivity (Wildman–Crippen MR) is 193 cm³/mol. The smallest absolute Gasteiger partial charge is 0.223 e. The van der Waals surface area contributed by atoms with Gasteiger partial charge in [-0.15, -0.1) is 0 Å². The third-order valence-corrected chi connectivity index (χ3v) is 9.38. The van der Waals surface area contributed by atoms with Gasteiger partial charge in [0.05, 0.1) is 13.2 Å². The summed E-state index contributed by atoms with van der Waals surface area (Å²) in [6.45, 7) is 9.56. The lowest BCUT2D eigenvalue weighted by Gasteiger charge is -2.30. The molecule has 0 saturated carbocycles. The number of anilines is 6. The summed E-state index contributed by atoms with van der Waals surface area (Å²) < 4.78 is 13.3. The first-order valence-corrected chi connectivity index (χ1v) is 16.3. The highest BCUT2D eigenvalue weighted by molar-refractivity contribution is 5.87. The van der Waals surface area contributed by atoms with E-state index in [-0.39, 0.29) is 0 Å². The van der Waals surface area contributed by atoms with Gasteiger partial charge in [-0.05, 0) is 112 Å². The van der Waals surface area contributed by atoms with E-state index in [9.17, 15) is 0 Å².